The predicted molar refractivity (Wildman–Crippen MR) is 158 cm³/mol. The Morgan fingerprint density at radius 3 is 2.42 bits per heavy atom. The van der Waals surface area contributed by atoms with Gasteiger partial charge in [0.1, 0.15) is 17.4 Å². The van der Waals surface area contributed by atoms with Crippen molar-refractivity contribution >= 4 is 17.7 Å². The summed E-state index contributed by atoms with van der Waals surface area (Å²) in [6.45, 7) is 6.47. The number of carbonyl (C=O) groups excluding carboxylic acids is 3. The third kappa shape index (κ3) is 6.90. The number of piperazine rings is 1. The number of nitrogens with zero attached hydrogens (tertiary/aromatic N) is 3. The van der Waals surface area contributed by atoms with Crippen LogP contribution in [0.5, 0.6) is 0 Å². The number of carbonyl (C=O) groups is 3. The summed E-state index contributed by atoms with van der Waals surface area (Å²) in [5.41, 5.74) is 6.59. The van der Waals surface area contributed by atoms with Crippen LogP contribution in [0.4, 0.5) is 4.39 Å². The highest BCUT2D eigenvalue weighted by Crippen LogP contribution is 2.40. The van der Waals surface area contributed by atoms with Crippen molar-refractivity contribution < 1.29 is 28.2 Å². The average Bonchev–Trinajstić information content (AvgIpc) is 3.29. The number of halogens is 1. The van der Waals surface area contributed by atoms with Gasteiger partial charge in [0.2, 0.25) is 17.7 Å². The third-order valence-electron chi connectivity index (χ3n) is 8.22. The van der Waals surface area contributed by atoms with Crippen molar-refractivity contribution in [1.82, 2.24) is 20.0 Å². The number of hydrogen-bond acceptors (Lipinski definition) is 7. The van der Waals surface area contributed by atoms with Crippen LogP contribution in [0.1, 0.15) is 25.0 Å². The van der Waals surface area contributed by atoms with Gasteiger partial charge >= 0.3 is 0 Å². The Labute approximate surface area is 251 Å². The van der Waals surface area contributed by atoms with Gasteiger partial charge in [0.05, 0.1) is 38.5 Å². The van der Waals surface area contributed by atoms with Crippen molar-refractivity contribution in [3.05, 3.63) is 83.3 Å². The van der Waals surface area contributed by atoms with E-state index in [4.69, 9.17) is 15.2 Å². The second kappa shape index (κ2) is 12.8. The van der Waals surface area contributed by atoms with Crippen LogP contribution in [0.15, 0.2) is 66.4 Å². The van der Waals surface area contributed by atoms with Gasteiger partial charge in [0.15, 0.2) is 0 Å². The molecule has 3 aliphatic rings. The van der Waals surface area contributed by atoms with Crippen LogP contribution in [0.25, 0.3) is 0 Å². The molecule has 2 fully saturated rings. The second-order valence-electron chi connectivity index (χ2n) is 12.0. The van der Waals surface area contributed by atoms with Crippen LogP contribution in [-0.4, -0.2) is 102 Å². The Balaban J connectivity index is 1.42. The first-order valence-corrected chi connectivity index (χ1v) is 14.7. The van der Waals surface area contributed by atoms with E-state index in [0.717, 1.165) is 16.8 Å². The van der Waals surface area contributed by atoms with Crippen molar-refractivity contribution in [2.75, 3.05) is 52.5 Å². The lowest BCUT2D eigenvalue weighted by molar-refractivity contribution is -0.147. The lowest BCUT2D eigenvalue weighted by atomic mass is 9.84. The average molecular weight is 594 g/mol. The first-order valence-electron chi connectivity index (χ1n) is 14.7. The summed E-state index contributed by atoms with van der Waals surface area (Å²) in [5.74, 6) is -1.25. The maximum Gasteiger partial charge on any atom is 0.249 e. The number of benzene rings is 2. The lowest BCUT2D eigenvalue weighted by Gasteiger charge is -2.51. The SMILES string of the molecule is CC(C)(N)C(=O)N[C@H](COCc1ccccc1)C(=O)N1CCN2C(=O)C=C(N3CCOCC3)C2(Cc2ccc(F)cc2)C1. The van der Waals surface area contributed by atoms with Crippen molar-refractivity contribution in [3.63, 3.8) is 0 Å². The number of fused-ring (bicyclic) bond motifs is 1. The number of hydrogen-bond donors (Lipinski definition) is 2. The zero-order valence-corrected chi connectivity index (χ0v) is 24.8. The molecule has 0 aliphatic carbocycles. The van der Waals surface area contributed by atoms with Crippen LogP contribution >= 0.6 is 0 Å². The summed E-state index contributed by atoms with van der Waals surface area (Å²) in [6, 6.07) is 14.8. The fraction of sp³-hybridized carbons (Fsp3) is 0.469. The first-order chi connectivity index (χ1) is 20.6. The molecule has 2 aromatic rings. The molecular formula is C32H40FN5O5. The highest BCUT2D eigenvalue weighted by molar-refractivity contribution is 5.94. The normalized spacial score (nSPS) is 21.3. The van der Waals surface area contributed by atoms with Crippen molar-refractivity contribution in [2.45, 2.75) is 44.0 Å². The molecule has 1 unspecified atom stereocenters. The van der Waals surface area contributed by atoms with Crippen LogP contribution in [0.3, 0.4) is 0 Å². The number of rotatable bonds is 10. The van der Waals surface area contributed by atoms with E-state index in [1.54, 1.807) is 37.0 Å². The van der Waals surface area contributed by atoms with Gasteiger partial charge in [0.25, 0.3) is 0 Å². The molecule has 5 rings (SSSR count). The molecular weight excluding hydrogens is 553 g/mol. The van der Waals surface area contributed by atoms with Gasteiger partial charge in [-0.3, -0.25) is 14.4 Å². The molecule has 10 nitrogen and oxygen atoms in total. The van der Waals surface area contributed by atoms with Crippen LogP contribution in [-0.2, 0) is 36.9 Å². The van der Waals surface area contributed by atoms with Gasteiger partial charge in [-0.1, -0.05) is 42.5 Å². The summed E-state index contributed by atoms with van der Waals surface area (Å²) in [7, 11) is 0. The Morgan fingerprint density at radius 1 is 1.05 bits per heavy atom. The van der Waals surface area contributed by atoms with Gasteiger partial charge in [0, 0.05) is 44.4 Å². The number of ether oxygens (including phenoxy) is 2. The molecule has 2 aromatic carbocycles. The highest BCUT2D eigenvalue weighted by atomic mass is 19.1. The van der Waals surface area contributed by atoms with E-state index in [0.29, 0.717) is 39.3 Å². The standard InChI is InChI=1S/C32H40FN5O5/c1-31(2,34)30(41)35-26(21-43-20-24-6-4-3-5-7-24)29(40)37-12-13-38-28(39)18-27(36-14-16-42-17-15-36)32(38,22-37)19-23-8-10-25(33)11-9-23/h3-11,18,26H,12-17,19-22,34H2,1-2H3,(H,35,41)/t26-,32?/m1/s1. The fourth-order valence-corrected chi connectivity index (χ4v) is 5.95. The van der Waals surface area contributed by atoms with Gasteiger partial charge in [-0.05, 0) is 37.1 Å². The van der Waals surface area contributed by atoms with Gasteiger partial charge < -0.3 is 35.2 Å². The molecule has 43 heavy (non-hydrogen) atoms. The molecule has 3 N–H and O–H groups in total. The van der Waals surface area contributed by atoms with Crippen molar-refractivity contribution in [2.24, 2.45) is 5.73 Å². The Hall–Kier alpha value is -3.80. The zero-order valence-electron chi connectivity index (χ0n) is 24.8. The van der Waals surface area contributed by atoms with Gasteiger partial charge in [-0.2, -0.15) is 0 Å². The second-order valence-corrected chi connectivity index (χ2v) is 12.0. The Morgan fingerprint density at radius 2 is 1.74 bits per heavy atom. The number of nitrogens with one attached hydrogen (secondary N) is 1. The smallest absolute Gasteiger partial charge is 0.249 e. The number of amides is 3. The Bertz CT molecular complexity index is 1340. The van der Waals surface area contributed by atoms with E-state index < -0.39 is 23.0 Å². The monoisotopic (exact) mass is 593 g/mol. The molecule has 2 saturated heterocycles. The van der Waals surface area contributed by atoms with Gasteiger partial charge in [-0.15, -0.1) is 0 Å². The lowest BCUT2D eigenvalue weighted by Crippen LogP contribution is -2.68. The summed E-state index contributed by atoms with van der Waals surface area (Å²) in [5, 5.41) is 2.81. The van der Waals surface area contributed by atoms with E-state index >= 15 is 0 Å². The maximum absolute atomic E-state index is 14.2. The van der Waals surface area contributed by atoms with Gasteiger partial charge in [-0.25, -0.2) is 4.39 Å². The van der Waals surface area contributed by atoms with Crippen LogP contribution < -0.4 is 11.1 Å². The highest BCUT2D eigenvalue weighted by Gasteiger charge is 2.53. The molecule has 0 spiro atoms. The van der Waals surface area contributed by atoms with Crippen molar-refractivity contribution in [3.8, 4) is 0 Å². The maximum atomic E-state index is 14.2. The fourth-order valence-electron chi connectivity index (χ4n) is 5.95. The predicted octanol–water partition coefficient (Wildman–Crippen LogP) is 1.45. The quantitative estimate of drug-likeness (QED) is 0.428. The van der Waals surface area contributed by atoms with E-state index in [1.807, 2.05) is 35.2 Å². The number of nitrogens with two attached hydrogens (primary N) is 1. The van der Waals surface area contributed by atoms with Crippen molar-refractivity contribution in [1.29, 1.82) is 0 Å². The molecule has 0 radical (unpaired) electrons. The molecule has 0 aromatic heterocycles. The molecule has 11 heteroatoms. The van der Waals surface area contributed by atoms with Crippen LogP contribution in [0.2, 0.25) is 0 Å². The van der Waals surface area contributed by atoms with E-state index in [9.17, 15) is 18.8 Å². The summed E-state index contributed by atoms with van der Waals surface area (Å²) >= 11 is 0. The molecule has 3 amide bonds. The van der Waals surface area contributed by atoms with E-state index in [1.165, 1.54) is 12.1 Å². The minimum atomic E-state index is -1.20. The molecule has 2 atom stereocenters. The van der Waals surface area contributed by atoms with E-state index in [2.05, 4.69) is 10.2 Å². The minimum Gasteiger partial charge on any atom is -0.378 e. The summed E-state index contributed by atoms with van der Waals surface area (Å²) < 4.78 is 25.3. The first kappa shape index (κ1) is 30.7. The molecule has 0 saturated carbocycles. The van der Waals surface area contributed by atoms with Crippen LogP contribution in [0, 0.1) is 5.82 Å². The zero-order chi connectivity index (χ0) is 30.6. The largest absolute Gasteiger partial charge is 0.378 e. The molecule has 0 bridgehead atoms. The molecule has 3 heterocycles. The molecule has 3 aliphatic heterocycles. The number of morpholine rings is 1. The Kier molecular flexibility index (Phi) is 9.14. The summed E-state index contributed by atoms with van der Waals surface area (Å²) in [6.07, 6.45) is 2.06. The summed E-state index contributed by atoms with van der Waals surface area (Å²) in [4.78, 5) is 46.2. The van der Waals surface area contributed by atoms with E-state index in [-0.39, 0.29) is 43.9 Å². The topological polar surface area (TPSA) is 117 Å². The molecule has 230 valence electrons. The third-order valence-corrected chi connectivity index (χ3v) is 8.22. The minimum absolute atomic E-state index is 0.0498.